The normalized spacial score (nSPS) is 14.3. The summed E-state index contributed by atoms with van der Waals surface area (Å²) in [5, 5.41) is 0.419. The lowest BCUT2D eigenvalue weighted by Gasteiger charge is -2.19. The molecule has 1 aromatic heterocycles. The van der Waals surface area contributed by atoms with Crippen LogP contribution in [-0.4, -0.2) is 4.98 Å². The molecule has 168 valence electrons. The van der Waals surface area contributed by atoms with Crippen molar-refractivity contribution in [3.8, 4) is 0 Å². The average molecular weight is 463 g/mol. The highest BCUT2D eigenvalue weighted by Crippen LogP contribution is 2.35. The number of aromatic nitrogens is 1. The molecule has 0 saturated heterocycles. The van der Waals surface area contributed by atoms with Gasteiger partial charge >= 0.3 is 6.18 Å². The van der Waals surface area contributed by atoms with E-state index >= 15 is 0 Å². The van der Waals surface area contributed by atoms with Gasteiger partial charge in [-0.15, -0.1) is 0 Å². The molecule has 2 N–H and O–H groups in total. The standard InChI is InChI=1S/C20H14ClF4N.C5H9N/c21-16-6-7-19(26-12-16)18(8-13-4-2-1-3-5-13)14-9-15(20(23,24)25)11-17(22)10-14;1-4(6)5-2-3-5/h1-7,9-12,18H,8H2;5H,1-3,6H2. The predicted octanol–water partition coefficient (Wildman–Crippen LogP) is 7.14. The van der Waals surface area contributed by atoms with Gasteiger partial charge in [-0.2, -0.15) is 13.2 Å². The molecule has 1 unspecified atom stereocenters. The van der Waals surface area contributed by atoms with Gasteiger partial charge in [0.25, 0.3) is 0 Å². The van der Waals surface area contributed by atoms with Crippen molar-refractivity contribution in [2.75, 3.05) is 0 Å². The zero-order valence-corrected chi connectivity index (χ0v) is 18.0. The van der Waals surface area contributed by atoms with Crippen LogP contribution < -0.4 is 5.73 Å². The van der Waals surface area contributed by atoms with Crippen LogP contribution in [0.15, 0.2) is 79.1 Å². The van der Waals surface area contributed by atoms with Crippen LogP contribution >= 0.6 is 11.6 Å². The lowest BCUT2D eigenvalue weighted by Crippen LogP contribution is -2.11. The fraction of sp³-hybridized carbons (Fsp3) is 0.240. The first-order chi connectivity index (χ1) is 15.1. The number of nitrogens with two attached hydrogens (primary N) is 1. The molecule has 2 nitrogen and oxygen atoms in total. The molecule has 4 rings (SSSR count). The van der Waals surface area contributed by atoms with Gasteiger partial charge in [0.2, 0.25) is 0 Å². The summed E-state index contributed by atoms with van der Waals surface area (Å²) in [6.07, 6.45) is -0.263. The minimum Gasteiger partial charge on any atom is -0.402 e. The van der Waals surface area contributed by atoms with E-state index in [0.29, 0.717) is 29.1 Å². The van der Waals surface area contributed by atoms with Crippen molar-refractivity contribution in [1.82, 2.24) is 4.98 Å². The summed E-state index contributed by atoms with van der Waals surface area (Å²) in [6.45, 7) is 3.59. The number of halogens is 5. The smallest absolute Gasteiger partial charge is 0.402 e. The molecule has 0 bridgehead atoms. The SMILES string of the molecule is C=C(N)C1CC1.Fc1cc(C(Cc2ccccc2)c2ccc(Cl)cn2)cc(C(F)(F)F)c1. The molecule has 1 heterocycles. The molecule has 2 aromatic carbocycles. The second kappa shape index (κ2) is 10.2. The monoisotopic (exact) mass is 462 g/mol. The lowest BCUT2D eigenvalue weighted by molar-refractivity contribution is -0.137. The maximum absolute atomic E-state index is 13.9. The van der Waals surface area contributed by atoms with Gasteiger partial charge in [-0.3, -0.25) is 4.98 Å². The van der Waals surface area contributed by atoms with E-state index in [1.165, 1.54) is 19.0 Å². The van der Waals surface area contributed by atoms with Gasteiger partial charge in [-0.05, 0) is 66.6 Å². The Morgan fingerprint density at radius 2 is 1.78 bits per heavy atom. The highest BCUT2D eigenvalue weighted by molar-refractivity contribution is 6.30. The lowest BCUT2D eigenvalue weighted by atomic mass is 9.88. The minimum atomic E-state index is -4.62. The van der Waals surface area contributed by atoms with E-state index in [0.717, 1.165) is 23.4 Å². The van der Waals surface area contributed by atoms with Crippen LogP contribution in [0.5, 0.6) is 0 Å². The van der Waals surface area contributed by atoms with Gasteiger partial charge in [0, 0.05) is 23.5 Å². The van der Waals surface area contributed by atoms with Gasteiger partial charge < -0.3 is 5.73 Å². The number of hydrogen-bond donors (Lipinski definition) is 1. The molecule has 1 atom stereocenters. The van der Waals surface area contributed by atoms with E-state index in [-0.39, 0.29) is 5.56 Å². The summed E-state index contributed by atoms with van der Waals surface area (Å²) in [7, 11) is 0. The third kappa shape index (κ3) is 6.82. The molecule has 1 saturated carbocycles. The molecule has 32 heavy (non-hydrogen) atoms. The molecule has 3 aromatic rings. The highest BCUT2D eigenvalue weighted by Gasteiger charge is 2.32. The van der Waals surface area contributed by atoms with Crippen molar-refractivity contribution in [1.29, 1.82) is 0 Å². The zero-order chi connectivity index (χ0) is 23.3. The Morgan fingerprint density at radius 3 is 2.28 bits per heavy atom. The third-order valence-corrected chi connectivity index (χ3v) is 5.37. The Morgan fingerprint density at radius 1 is 1.09 bits per heavy atom. The van der Waals surface area contributed by atoms with Crippen molar-refractivity contribution in [2.24, 2.45) is 11.7 Å². The van der Waals surface area contributed by atoms with Crippen LogP contribution in [0.1, 0.15) is 41.1 Å². The van der Waals surface area contributed by atoms with Gasteiger partial charge in [0.05, 0.1) is 10.6 Å². The fourth-order valence-corrected chi connectivity index (χ4v) is 3.38. The van der Waals surface area contributed by atoms with Crippen LogP contribution in [0.25, 0.3) is 0 Å². The molecule has 0 aliphatic heterocycles. The quantitative estimate of drug-likeness (QED) is 0.409. The van der Waals surface area contributed by atoms with Crippen LogP contribution in [0.2, 0.25) is 5.02 Å². The van der Waals surface area contributed by atoms with E-state index in [1.54, 1.807) is 12.1 Å². The number of nitrogens with zero attached hydrogens (tertiary/aromatic N) is 1. The van der Waals surface area contributed by atoms with E-state index < -0.39 is 23.5 Å². The Balaban J connectivity index is 0.000000416. The summed E-state index contributed by atoms with van der Waals surface area (Å²) in [6, 6.07) is 15.1. The maximum atomic E-state index is 13.9. The summed E-state index contributed by atoms with van der Waals surface area (Å²) >= 11 is 5.86. The maximum Gasteiger partial charge on any atom is 0.416 e. The topological polar surface area (TPSA) is 38.9 Å². The Bertz CT molecular complexity index is 1050. The first-order valence-electron chi connectivity index (χ1n) is 10.1. The molecule has 1 fully saturated rings. The van der Waals surface area contributed by atoms with Gasteiger partial charge in [0.15, 0.2) is 0 Å². The van der Waals surface area contributed by atoms with Crippen LogP contribution in [0, 0.1) is 11.7 Å². The molecular weight excluding hydrogens is 440 g/mol. The molecule has 7 heteroatoms. The summed E-state index contributed by atoms with van der Waals surface area (Å²) in [4.78, 5) is 4.24. The summed E-state index contributed by atoms with van der Waals surface area (Å²) in [5.41, 5.74) is 6.81. The summed E-state index contributed by atoms with van der Waals surface area (Å²) < 4.78 is 53.2. The van der Waals surface area contributed by atoms with Crippen molar-refractivity contribution in [3.63, 3.8) is 0 Å². The first kappa shape index (κ1) is 23.8. The Kier molecular flexibility index (Phi) is 7.56. The van der Waals surface area contributed by atoms with Gasteiger partial charge in [-0.25, -0.2) is 4.39 Å². The third-order valence-electron chi connectivity index (χ3n) is 5.14. The van der Waals surface area contributed by atoms with E-state index in [4.69, 9.17) is 17.3 Å². The van der Waals surface area contributed by atoms with Crippen molar-refractivity contribution < 1.29 is 17.6 Å². The van der Waals surface area contributed by atoms with Crippen molar-refractivity contribution >= 4 is 11.6 Å². The number of hydrogen-bond acceptors (Lipinski definition) is 2. The molecule has 0 spiro atoms. The minimum absolute atomic E-state index is 0.219. The number of rotatable bonds is 5. The van der Waals surface area contributed by atoms with Crippen molar-refractivity contribution in [2.45, 2.75) is 31.4 Å². The number of allylic oxidation sites excluding steroid dienone is 1. The largest absolute Gasteiger partial charge is 0.416 e. The summed E-state index contributed by atoms with van der Waals surface area (Å²) in [5.74, 6) is -0.779. The van der Waals surface area contributed by atoms with E-state index in [2.05, 4.69) is 11.6 Å². The highest BCUT2D eigenvalue weighted by atomic mass is 35.5. The van der Waals surface area contributed by atoms with Gasteiger partial charge in [0.1, 0.15) is 5.82 Å². The second-order valence-corrected chi connectivity index (χ2v) is 8.20. The molecule has 0 amide bonds. The number of pyridine rings is 1. The van der Waals surface area contributed by atoms with Crippen LogP contribution in [0.4, 0.5) is 17.6 Å². The zero-order valence-electron chi connectivity index (χ0n) is 17.2. The van der Waals surface area contributed by atoms with Gasteiger partial charge in [-0.1, -0.05) is 48.5 Å². The Hall–Kier alpha value is -2.86. The van der Waals surface area contributed by atoms with E-state index in [1.807, 2.05) is 30.3 Å². The average Bonchev–Trinajstić information content (AvgIpc) is 3.59. The second-order valence-electron chi connectivity index (χ2n) is 7.76. The van der Waals surface area contributed by atoms with Crippen molar-refractivity contribution in [3.05, 3.63) is 112 Å². The molecule has 0 radical (unpaired) electrons. The molecule has 1 aliphatic carbocycles. The molecule has 1 aliphatic rings. The number of benzene rings is 2. The Labute approximate surface area is 189 Å². The fourth-order valence-electron chi connectivity index (χ4n) is 3.27. The number of alkyl halides is 3. The van der Waals surface area contributed by atoms with Crippen LogP contribution in [0.3, 0.4) is 0 Å². The van der Waals surface area contributed by atoms with Crippen LogP contribution in [-0.2, 0) is 12.6 Å². The van der Waals surface area contributed by atoms with E-state index in [9.17, 15) is 17.6 Å². The first-order valence-corrected chi connectivity index (χ1v) is 10.5. The molecular formula is C25H23ClF4N2. The predicted molar refractivity (Wildman–Crippen MR) is 119 cm³/mol.